The number of carbonyl (C=O) groups excluding carboxylic acids is 1. The fraction of sp³-hybridized carbons (Fsp3) is 0.267. The van der Waals surface area contributed by atoms with Gasteiger partial charge < -0.3 is 16.2 Å². The van der Waals surface area contributed by atoms with Crippen molar-refractivity contribution in [2.24, 2.45) is 5.73 Å². The van der Waals surface area contributed by atoms with E-state index in [0.29, 0.717) is 12.1 Å². The fourth-order valence-electron chi connectivity index (χ4n) is 1.93. The summed E-state index contributed by atoms with van der Waals surface area (Å²) in [5, 5.41) is 13.4. The molecule has 1 atom stereocenters. The first-order valence-electron chi connectivity index (χ1n) is 6.77. The van der Waals surface area contributed by atoms with Crippen LogP contribution in [0.15, 0.2) is 35.7 Å². The van der Waals surface area contributed by atoms with Crippen LogP contribution in [0, 0.1) is 0 Å². The Balaban J connectivity index is 1.90. The van der Waals surface area contributed by atoms with Crippen LogP contribution in [0.5, 0.6) is 0 Å². The molecular formula is C15H17N3O3S. The highest BCUT2D eigenvalue weighted by atomic mass is 32.1. The number of carbonyl (C=O) groups is 2. The second-order valence-electron chi connectivity index (χ2n) is 4.82. The molecule has 1 aromatic carbocycles. The lowest BCUT2D eigenvalue weighted by Gasteiger charge is -2.08. The second kappa shape index (κ2) is 7.67. The number of hydrogen-bond donors (Lipinski definition) is 3. The molecule has 0 fully saturated rings. The molecule has 0 saturated heterocycles. The molecule has 116 valence electrons. The smallest absolute Gasteiger partial charge is 0.322 e. The van der Waals surface area contributed by atoms with E-state index in [4.69, 9.17) is 10.8 Å². The number of nitrogens with two attached hydrogens (primary N) is 1. The lowest BCUT2D eigenvalue weighted by Crippen LogP contribution is -2.30. The van der Waals surface area contributed by atoms with Crippen LogP contribution in [0.25, 0.3) is 0 Å². The van der Waals surface area contributed by atoms with Gasteiger partial charge in [-0.15, -0.1) is 11.3 Å². The predicted molar refractivity (Wildman–Crippen MR) is 83.5 cm³/mol. The van der Waals surface area contributed by atoms with Crippen molar-refractivity contribution >= 4 is 23.2 Å². The average Bonchev–Trinajstić information content (AvgIpc) is 2.95. The van der Waals surface area contributed by atoms with E-state index in [-0.39, 0.29) is 24.9 Å². The zero-order valence-electron chi connectivity index (χ0n) is 11.9. The van der Waals surface area contributed by atoms with E-state index in [9.17, 15) is 9.59 Å². The molecule has 1 aromatic heterocycles. The summed E-state index contributed by atoms with van der Waals surface area (Å²) < 4.78 is 0. The molecule has 2 rings (SSSR count). The van der Waals surface area contributed by atoms with Crippen molar-refractivity contribution in [2.45, 2.75) is 18.9 Å². The Morgan fingerprint density at radius 2 is 2.05 bits per heavy atom. The number of aliphatic carboxylic acids is 1. The summed E-state index contributed by atoms with van der Waals surface area (Å²) in [4.78, 5) is 26.3. The van der Waals surface area contributed by atoms with Gasteiger partial charge in [0, 0.05) is 5.38 Å². The van der Waals surface area contributed by atoms with E-state index in [2.05, 4.69) is 10.3 Å². The van der Waals surface area contributed by atoms with Crippen LogP contribution in [-0.4, -0.2) is 28.5 Å². The number of amides is 1. The summed E-state index contributed by atoms with van der Waals surface area (Å²) in [5.74, 6) is -1.44. The first-order chi connectivity index (χ1) is 10.5. The lowest BCUT2D eigenvalue weighted by molar-refractivity contribution is -0.137. The van der Waals surface area contributed by atoms with E-state index >= 15 is 0 Å². The molecule has 1 heterocycles. The van der Waals surface area contributed by atoms with Gasteiger partial charge in [0.05, 0.1) is 18.2 Å². The maximum atomic E-state index is 11.5. The van der Waals surface area contributed by atoms with Crippen LogP contribution in [0.1, 0.15) is 22.3 Å². The quantitative estimate of drug-likeness (QED) is 0.709. The molecule has 7 heteroatoms. The van der Waals surface area contributed by atoms with Crippen LogP contribution < -0.4 is 11.1 Å². The van der Waals surface area contributed by atoms with E-state index < -0.39 is 5.97 Å². The molecule has 0 radical (unpaired) electrons. The van der Waals surface area contributed by atoms with Crippen LogP contribution in [0.4, 0.5) is 0 Å². The van der Waals surface area contributed by atoms with Gasteiger partial charge in [-0.1, -0.05) is 30.3 Å². The third-order valence-electron chi connectivity index (χ3n) is 2.96. The van der Waals surface area contributed by atoms with Gasteiger partial charge in [-0.05, 0) is 12.0 Å². The number of hydrogen-bond acceptors (Lipinski definition) is 5. The number of thiazole rings is 1. The van der Waals surface area contributed by atoms with Crippen molar-refractivity contribution in [1.29, 1.82) is 0 Å². The number of nitrogens with one attached hydrogen (secondary N) is 1. The van der Waals surface area contributed by atoms with Crippen molar-refractivity contribution < 1.29 is 14.7 Å². The van der Waals surface area contributed by atoms with Crippen LogP contribution in [0.2, 0.25) is 0 Å². The first kappa shape index (κ1) is 16.1. The maximum Gasteiger partial charge on any atom is 0.322 e. The van der Waals surface area contributed by atoms with Gasteiger partial charge in [0.1, 0.15) is 11.6 Å². The van der Waals surface area contributed by atoms with Crippen LogP contribution in [0.3, 0.4) is 0 Å². The van der Waals surface area contributed by atoms with E-state index in [1.54, 1.807) is 5.38 Å². The highest BCUT2D eigenvalue weighted by Gasteiger charge is 2.14. The Kier molecular flexibility index (Phi) is 5.62. The number of nitrogens with zero attached hydrogens (tertiary/aromatic N) is 1. The number of benzene rings is 1. The minimum Gasteiger partial charge on any atom is -0.480 e. The van der Waals surface area contributed by atoms with Gasteiger partial charge in [-0.25, -0.2) is 4.98 Å². The average molecular weight is 319 g/mol. The zero-order chi connectivity index (χ0) is 15.9. The van der Waals surface area contributed by atoms with Crippen molar-refractivity contribution in [3.8, 4) is 0 Å². The Bertz CT molecular complexity index is 642. The molecule has 0 aliphatic carbocycles. The number of rotatable bonds is 7. The van der Waals surface area contributed by atoms with E-state index in [1.807, 2.05) is 30.3 Å². The SMILES string of the molecule is NC(Cc1ccccc1)c1nc(CC(=O)NCC(=O)O)cs1. The largest absolute Gasteiger partial charge is 0.480 e. The number of aromatic nitrogens is 1. The second-order valence-corrected chi connectivity index (χ2v) is 5.71. The fourth-order valence-corrected chi connectivity index (χ4v) is 2.75. The van der Waals surface area contributed by atoms with Gasteiger partial charge in [-0.2, -0.15) is 0 Å². The molecule has 2 aromatic rings. The molecule has 0 bridgehead atoms. The number of carboxylic acid groups (broad SMARTS) is 1. The Morgan fingerprint density at radius 3 is 2.73 bits per heavy atom. The van der Waals surface area contributed by atoms with Gasteiger partial charge in [0.2, 0.25) is 5.91 Å². The van der Waals surface area contributed by atoms with Crippen molar-refractivity contribution in [3.63, 3.8) is 0 Å². The minimum absolute atomic E-state index is 0.0574. The summed E-state index contributed by atoms with van der Waals surface area (Å²) >= 11 is 1.41. The Morgan fingerprint density at radius 1 is 1.32 bits per heavy atom. The molecule has 1 unspecified atom stereocenters. The standard InChI is InChI=1S/C15H17N3O3S/c16-12(6-10-4-2-1-3-5-10)15-18-11(9-22-15)7-13(19)17-8-14(20)21/h1-5,9,12H,6-8,16H2,(H,17,19)(H,20,21). The summed E-state index contributed by atoms with van der Waals surface area (Å²) in [6.07, 6.45) is 0.737. The van der Waals surface area contributed by atoms with E-state index in [0.717, 1.165) is 10.6 Å². The van der Waals surface area contributed by atoms with E-state index in [1.165, 1.54) is 11.3 Å². The Labute approximate surface area is 132 Å². The van der Waals surface area contributed by atoms with Crippen molar-refractivity contribution in [2.75, 3.05) is 6.54 Å². The van der Waals surface area contributed by atoms with Crippen molar-refractivity contribution in [1.82, 2.24) is 10.3 Å². The molecule has 22 heavy (non-hydrogen) atoms. The molecule has 4 N–H and O–H groups in total. The molecule has 6 nitrogen and oxygen atoms in total. The van der Waals surface area contributed by atoms with Crippen LogP contribution >= 0.6 is 11.3 Å². The molecule has 0 saturated carbocycles. The normalized spacial score (nSPS) is 11.9. The first-order valence-corrected chi connectivity index (χ1v) is 7.65. The topological polar surface area (TPSA) is 105 Å². The highest BCUT2D eigenvalue weighted by molar-refractivity contribution is 7.09. The summed E-state index contributed by atoms with van der Waals surface area (Å²) in [6.45, 7) is -0.386. The van der Waals surface area contributed by atoms with Crippen molar-refractivity contribution in [3.05, 3.63) is 52.0 Å². The molecule has 0 spiro atoms. The molecule has 0 aliphatic rings. The predicted octanol–water partition coefficient (Wildman–Crippen LogP) is 1.13. The zero-order valence-corrected chi connectivity index (χ0v) is 12.7. The van der Waals surface area contributed by atoms with Gasteiger partial charge in [-0.3, -0.25) is 9.59 Å². The third-order valence-corrected chi connectivity index (χ3v) is 3.99. The monoisotopic (exact) mass is 319 g/mol. The summed E-state index contributed by atoms with van der Waals surface area (Å²) in [5.41, 5.74) is 7.87. The van der Waals surface area contributed by atoms with Crippen LogP contribution in [-0.2, 0) is 22.4 Å². The van der Waals surface area contributed by atoms with Gasteiger partial charge >= 0.3 is 5.97 Å². The third kappa shape index (κ3) is 4.94. The highest BCUT2D eigenvalue weighted by Crippen LogP contribution is 2.20. The Hall–Kier alpha value is -2.25. The maximum absolute atomic E-state index is 11.5. The molecule has 0 aliphatic heterocycles. The lowest BCUT2D eigenvalue weighted by atomic mass is 10.1. The molecule has 1 amide bonds. The summed E-state index contributed by atoms with van der Waals surface area (Å²) in [7, 11) is 0. The number of carboxylic acids is 1. The van der Waals surface area contributed by atoms with Gasteiger partial charge in [0.25, 0.3) is 0 Å². The molecular weight excluding hydrogens is 302 g/mol. The minimum atomic E-state index is -1.07. The van der Waals surface area contributed by atoms with Gasteiger partial charge in [0.15, 0.2) is 0 Å². The summed E-state index contributed by atoms with van der Waals surface area (Å²) in [6, 6.07) is 9.67.